The molecule has 3 N–H and O–H groups in total. The minimum atomic E-state index is 0.123. The molecule has 26 heavy (non-hydrogen) atoms. The number of nitrogens with two attached hydrogens (primary N) is 1. The van der Waals surface area contributed by atoms with Gasteiger partial charge in [-0.05, 0) is 55.9 Å². The number of halogens is 1. The van der Waals surface area contributed by atoms with Crippen LogP contribution in [-0.4, -0.2) is 24.4 Å². The van der Waals surface area contributed by atoms with E-state index in [1.54, 1.807) is 6.21 Å². The molecule has 0 heterocycles. The average Bonchev–Trinajstić information content (AvgIpc) is 2.62. The molecule has 0 amide bonds. The molecule has 0 bridgehead atoms. The maximum atomic E-state index is 6.08. The van der Waals surface area contributed by atoms with Crippen molar-refractivity contribution in [1.29, 1.82) is 0 Å². The smallest absolute Gasteiger partial charge is 0.184 e. The van der Waals surface area contributed by atoms with Gasteiger partial charge in [0.1, 0.15) is 12.4 Å². The van der Waals surface area contributed by atoms with E-state index in [1.807, 2.05) is 36.4 Å². The molecule has 0 spiro atoms. The van der Waals surface area contributed by atoms with E-state index in [2.05, 4.69) is 51.3 Å². The predicted octanol–water partition coefficient (Wildman–Crippen LogP) is 4.04. The average molecular weight is 435 g/mol. The number of ether oxygens (including phenoxy) is 1. The Bertz CT molecular complexity index is 778. The Balaban J connectivity index is 2.26. The highest BCUT2D eigenvalue weighted by molar-refractivity contribution is 9.10. The molecule has 5 nitrogen and oxygen atoms in total. The highest BCUT2D eigenvalue weighted by Crippen LogP contribution is 2.26. The zero-order valence-electron chi connectivity index (χ0n) is 14.9. The Kier molecular flexibility index (Phi) is 7.87. The fourth-order valence-electron chi connectivity index (χ4n) is 2.49. The summed E-state index contributed by atoms with van der Waals surface area (Å²) in [6, 6.07) is 14.1. The Morgan fingerprint density at radius 3 is 2.69 bits per heavy atom. The van der Waals surface area contributed by atoms with Gasteiger partial charge in [-0.1, -0.05) is 28.1 Å². The summed E-state index contributed by atoms with van der Waals surface area (Å²) in [6.07, 6.45) is 1.65. The van der Waals surface area contributed by atoms with Gasteiger partial charge in [0.2, 0.25) is 0 Å². The van der Waals surface area contributed by atoms with E-state index in [0.29, 0.717) is 6.61 Å². The number of rotatable bonds is 8. The number of anilines is 1. The van der Waals surface area contributed by atoms with E-state index >= 15 is 0 Å². The summed E-state index contributed by atoms with van der Waals surface area (Å²) in [5, 5.41) is 4.17. The summed E-state index contributed by atoms with van der Waals surface area (Å²) in [4.78, 5) is 2.26. The topological polar surface area (TPSA) is 62.9 Å². The molecule has 0 aliphatic carbocycles. The van der Waals surface area contributed by atoms with Crippen molar-refractivity contribution in [2.75, 3.05) is 18.0 Å². The second-order valence-electron chi connectivity index (χ2n) is 5.55. The summed E-state index contributed by atoms with van der Waals surface area (Å²) >= 11 is 8.25. The van der Waals surface area contributed by atoms with E-state index in [9.17, 15) is 0 Å². The lowest BCUT2D eigenvalue weighted by Crippen LogP contribution is -2.24. The van der Waals surface area contributed by atoms with Crippen LogP contribution in [0.25, 0.3) is 0 Å². The van der Waals surface area contributed by atoms with Gasteiger partial charge in [-0.2, -0.15) is 5.10 Å². The molecule has 2 aromatic rings. The number of hydrogen-bond donors (Lipinski definition) is 2. The fraction of sp³-hybridized carbons (Fsp3) is 0.263. The van der Waals surface area contributed by atoms with Gasteiger partial charge < -0.3 is 15.4 Å². The van der Waals surface area contributed by atoms with Crippen LogP contribution in [0, 0.1) is 0 Å². The number of thiocarbonyl (C=S) groups is 1. The van der Waals surface area contributed by atoms with Crippen LogP contribution in [0.1, 0.15) is 25.0 Å². The summed E-state index contributed by atoms with van der Waals surface area (Å²) in [5.74, 6) is 0.753. The third kappa shape index (κ3) is 6.00. The van der Waals surface area contributed by atoms with Gasteiger partial charge in [0.05, 0.1) is 6.21 Å². The van der Waals surface area contributed by atoms with Gasteiger partial charge in [0.25, 0.3) is 0 Å². The fourth-order valence-corrected chi connectivity index (χ4v) is 2.99. The summed E-state index contributed by atoms with van der Waals surface area (Å²) in [6.45, 7) is 6.58. The van der Waals surface area contributed by atoms with Crippen LogP contribution in [-0.2, 0) is 6.61 Å². The molecular formula is C19H23BrN4OS. The van der Waals surface area contributed by atoms with Crippen LogP contribution >= 0.6 is 28.1 Å². The monoisotopic (exact) mass is 434 g/mol. The van der Waals surface area contributed by atoms with Crippen LogP contribution in [0.15, 0.2) is 52.0 Å². The third-order valence-electron chi connectivity index (χ3n) is 3.79. The van der Waals surface area contributed by atoms with Crippen molar-refractivity contribution in [3.8, 4) is 5.75 Å². The first-order valence-electron chi connectivity index (χ1n) is 8.38. The molecule has 138 valence electrons. The van der Waals surface area contributed by atoms with Crippen molar-refractivity contribution in [2.24, 2.45) is 10.8 Å². The maximum absolute atomic E-state index is 6.08. The van der Waals surface area contributed by atoms with E-state index < -0.39 is 0 Å². The molecular weight excluding hydrogens is 412 g/mol. The minimum absolute atomic E-state index is 0.123. The first-order valence-corrected chi connectivity index (χ1v) is 9.58. The summed E-state index contributed by atoms with van der Waals surface area (Å²) in [5.41, 5.74) is 11.0. The molecule has 0 aliphatic rings. The lowest BCUT2D eigenvalue weighted by atomic mass is 10.1. The largest absolute Gasteiger partial charge is 0.488 e. The summed E-state index contributed by atoms with van der Waals surface area (Å²) < 4.78 is 7.11. The highest BCUT2D eigenvalue weighted by Gasteiger charge is 2.08. The zero-order valence-corrected chi connectivity index (χ0v) is 17.3. The maximum Gasteiger partial charge on any atom is 0.184 e. The SMILES string of the molecule is CCN(CC)c1ccc(C=NNC(N)=S)c(OCc2cccc(Br)c2)c1. The van der Waals surface area contributed by atoms with Crippen LogP contribution < -0.4 is 20.8 Å². The molecule has 0 aromatic heterocycles. The molecule has 0 saturated carbocycles. The standard InChI is InChI=1S/C19H23BrN4OS/c1-3-24(4-2)17-9-8-15(12-22-23-19(21)26)18(11-17)25-13-14-6-5-7-16(20)10-14/h5-12H,3-4,13H2,1-2H3,(H3,21,23,26). The molecule has 2 aromatic carbocycles. The van der Waals surface area contributed by atoms with E-state index in [4.69, 9.17) is 22.7 Å². The molecule has 2 rings (SSSR count). The molecule has 0 saturated heterocycles. The number of hydrazone groups is 1. The van der Waals surface area contributed by atoms with Crippen LogP contribution in [0.4, 0.5) is 5.69 Å². The van der Waals surface area contributed by atoms with Gasteiger partial charge in [-0.25, -0.2) is 0 Å². The first kappa shape index (κ1) is 20.2. The quantitative estimate of drug-likeness (QED) is 0.372. The van der Waals surface area contributed by atoms with Gasteiger partial charge in [0.15, 0.2) is 5.11 Å². The molecule has 0 aliphatic heterocycles. The van der Waals surface area contributed by atoms with Crippen molar-refractivity contribution in [3.63, 3.8) is 0 Å². The molecule has 0 unspecified atom stereocenters. The number of nitrogens with one attached hydrogen (secondary N) is 1. The van der Waals surface area contributed by atoms with E-state index in [-0.39, 0.29) is 5.11 Å². The second-order valence-corrected chi connectivity index (χ2v) is 6.90. The van der Waals surface area contributed by atoms with Gasteiger partial charge in [-0.3, -0.25) is 5.43 Å². The third-order valence-corrected chi connectivity index (χ3v) is 4.37. The van der Waals surface area contributed by atoms with Gasteiger partial charge >= 0.3 is 0 Å². The molecule has 0 atom stereocenters. The van der Waals surface area contributed by atoms with Crippen LogP contribution in [0.5, 0.6) is 5.75 Å². The number of benzene rings is 2. The Morgan fingerprint density at radius 1 is 1.27 bits per heavy atom. The van der Waals surface area contributed by atoms with Gasteiger partial charge in [-0.15, -0.1) is 0 Å². The van der Waals surface area contributed by atoms with Crippen molar-refractivity contribution in [1.82, 2.24) is 5.43 Å². The normalized spacial score (nSPS) is 10.7. The van der Waals surface area contributed by atoms with E-state index in [1.165, 1.54) is 0 Å². The minimum Gasteiger partial charge on any atom is -0.488 e. The Labute approximate surface area is 168 Å². The highest BCUT2D eigenvalue weighted by atomic mass is 79.9. The molecule has 7 heteroatoms. The molecule has 0 fully saturated rings. The lowest BCUT2D eigenvalue weighted by Gasteiger charge is -2.22. The second kappa shape index (κ2) is 10.1. The summed E-state index contributed by atoms with van der Waals surface area (Å²) in [7, 11) is 0. The van der Waals surface area contributed by atoms with Crippen molar-refractivity contribution < 1.29 is 4.74 Å². The zero-order chi connectivity index (χ0) is 18.9. The number of hydrogen-bond acceptors (Lipinski definition) is 4. The number of nitrogens with zero attached hydrogens (tertiary/aromatic N) is 2. The van der Waals surface area contributed by atoms with E-state index in [0.717, 1.165) is 40.1 Å². The Hall–Kier alpha value is -2.12. The van der Waals surface area contributed by atoms with Crippen molar-refractivity contribution in [2.45, 2.75) is 20.5 Å². The molecule has 0 radical (unpaired) electrons. The first-order chi connectivity index (χ1) is 12.5. The Morgan fingerprint density at radius 2 is 2.04 bits per heavy atom. The lowest BCUT2D eigenvalue weighted by molar-refractivity contribution is 0.306. The van der Waals surface area contributed by atoms with Crippen molar-refractivity contribution in [3.05, 3.63) is 58.1 Å². The van der Waals surface area contributed by atoms with Gasteiger partial charge in [0, 0.05) is 34.9 Å². The van der Waals surface area contributed by atoms with Crippen LogP contribution in [0.2, 0.25) is 0 Å². The van der Waals surface area contributed by atoms with Crippen molar-refractivity contribution >= 4 is 45.2 Å². The van der Waals surface area contributed by atoms with Crippen LogP contribution in [0.3, 0.4) is 0 Å². The predicted molar refractivity (Wildman–Crippen MR) is 116 cm³/mol.